The zero-order valence-corrected chi connectivity index (χ0v) is 10.8. The van der Waals surface area contributed by atoms with Gasteiger partial charge in [-0.1, -0.05) is 0 Å². The molecule has 17 heavy (non-hydrogen) atoms. The van der Waals surface area contributed by atoms with Crippen LogP contribution >= 0.6 is 0 Å². The number of methoxy groups -OCH3 is 2. The van der Waals surface area contributed by atoms with Crippen LogP contribution in [0.25, 0.3) is 0 Å². The zero-order valence-electron chi connectivity index (χ0n) is 10.8. The molecule has 0 heterocycles. The van der Waals surface area contributed by atoms with E-state index in [9.17, 15) is 4.39 Å². The van der Waals surface area contributed by atoms with Crippen molar-refractivity contribution in [1.82, 2.24) is 0 Å². The molecule has 1 aromatic carbocycles. The van der Waals surface area contributed by atoms with Crippen LogP contribution in [-0.4, -0.2) is 20.3 Å². The number of nitrogens with two attached hydrogens (primary N) is 1. The molecule has 0 amide bonds. The summed E-state index contributed by atoms with van der Waals surface area (Å²) < 4.78 is 23.9. The standard InChI is InChI=1S/C13H20FNO2/c1-8(15)5-11-6-10(9(2)14)7-12(16-3)13(11)17-4/h6-9H,5,15H2,1-4H3. The van der Waals surface area contributed by atoms with E-state index in [0.29, 0.717) is 23.5 Å². The summed E-state index contributed by atoms with van der Waals surface area (Å²) in [6.45, 7) is 3.40. The van der Waals surface area contributed by atoms with Crippen LogP contribution in [0.3, 0.4) is 0 Å². The molecule has 0 radical (unpaired) electrons. The summed E-state index contributed by atoms with van der Waals surface area (Å²) >= 11 is 0. The highest BCUT2D eigenvalue weighted by atomic mass is 19.1. The van der Waals surface area contributed by atoms with Crippen molar-refractivity contribution in [3.8, 4) is 11.5 Å². The Bertz CT molecular complexity index is 378. The lowest BCUT2D eigenvalue weighted by molar-refractivity contribution is 0.343. The van der Waals surface area contributed by atoms with Gasteiger partial charge in [0.25, 0.3) is 0 Å². The summed E-state index contributed by atoms with van der Waals surface area (Å²) in [5.74, 6) is 1.18. The van der Waals surface area contributed by atoms with Crippen LogP contribution in [0.5, 0.6) is 11.5 Å². The predicted octanol–water partition coefficient (Wildman–Crippen LogP) is 2.62. The molecule has 0 aliphatic rings. The molecular formula is C13H20FNO2. The summed E-state index contributed by atoms with van der Waals surface area (Å²) in [6, 6.07) is 3.43. The quantitative estimate of drug-likeness (QED) is 0.861. The summed E-state index contributed by atoms with van der Waals surface area (Å²) in [5.41, 5.74) is 7.23. The Morgan fingerprint density at radius 2 is 1.88 bits per heavy atom. The second kappa shape index (κ2) is 5.87. The summed E-state index contributed by atoms with van der Waals surface area (Å²) in [4.78, 5) is 0. The van der Waals surface area contributed by atoms with Crippen molar-refractivity contribution in [1.29, 1.82) is 0 Å². The average Bonchev–Trinajstić information content (AvgIpc) is 2.26. The van der Waals surface area contributed by atoms with E-state index in [4.69, 9.17) is 15.2 Å². The molecule has 0 spiro atoms. The molecule has 0 saturated carbocycles. The van der Waals surface area contributed by atoms with Crippen molar-refractivity contribution in [2.24, 2.45) is 5.73 Å². The van der Waals surface area contributed by atoms with Crippen molar-refractivity contribution in [3.63, 3.8) is 0 Å². The zero-order chi connectivity index (χ0) is 13.0. The molecular weight excluding hydrogens is 221 g/mol. The number of rotatable bonds is 5. The van der Waals surface area contributed by atoms with E-state index in [2.05, 4.69) is 0 Å². The highest BCUT2D eigenvalue weighted by Gasteiger charge is 2.16. The lowest BCUT2D eigenvalue weighted by atomic mass is 10.0. The van der Waals surface area contributed by atoms with Crippen molar-refractivity contribution < 1.29 is 13.9 Å². The maximum Gasteiger partial charge on any atom is 0.163 e. The topological polar surface area (TPSA) is 44.5 Å². The Morgan fingerprint density at radius 3 is 2.29 bits per heavy atom. The van der Waals surface area contributed by atoms with Gasteiger partial charge in [-0.2, -0.15) is 0 Å². The number of hydrogen-bond donors (Lipinski definition) is 1. The van der Waals surface area contributed by atoms with Crippen LogP contribution in [0, 0.1) is 0 Å². The average molecular weight is 241 g/mol. The van der Waals surface area contributed by atoms with Gasteiger partial charge < -0.3 is 15.2 Å². The Hall–Kier alpha value is -1.29. The molecule has 1 rings (SSSR count). The lowest BCUT2D eigenvalue weighted by Gasteiger charge is -2.16. The molecule has 2 N–H and O–H groups in total. The first-order valence-corrected chi connectivity index (χ1v) is 5.64. The second-order valence-corrected chi connectivity index (χ2v) is 4.21. The lowest BCUT2D eigenvalue weighted by Crippen LogP contribution is -2.18. The van der Waals surface area contributed by atoms with E-state index < -0.39 is 6.17 Å². The maximum absolute atomic E-state index is 13.4. The highest BCUT2D eigenvalue weighted by molar-refractivity contribution is 5.50. The smallest absolute Gasteiger partial charge is 0.163 e. The molecule has 2 atom stereocenters. The molecule has 0 fully saturated rings. The van der Waals surface area contributed by atoms with E-state index in [1.54, 1.807) is 26.4 Å². The first kappa shape index (κ1) is 13.8. The number of alkyl halides is 1. The molecule has 0 aliphatic heterocycles. The van der Waals surface area contributed by atoms with Crippen LogP contribution in [0.1, 0.15) is 31.1 Å². The van der Waals surface area contributed by atoms with Gasteiger partial charge in [-0.3, -0.25) is 0 Å². The molecule has 4 heteroatoms. The van der Waals surface area contributed by atoms with Gasteiger partial charge in [0.2, 0.25) is 0 Å². The number of ether oxygens (including phenoxy) is 2. The van der Waals surface area contributed by atoms with Crippen molar-refractivity contribution in [2.75, 3.05) is 14.2 Å². The third kappa shape index (κ3) is 3.33. The van der Waals surface area contributed by atoms with Crippen molar-refractivity contribution >= 4 is 0 Å². The van der Waals surface area contributed by atoms with E-state index >= 15 is 0 Å². The maximum atomic E-state index is 13.4. The summed E-state index contributed by atoms with van der Waals surface area (Å²) in [7, 11) is 3.11. The first-order valence-electron chi connectivity index (χ1n) is 5.64. The minimum atomic E-state index is -1.04. The second-order valence-electron chi connectivity index (χ2n) is 4.21. The van der Waals surface area contributed by atoms with Gasteiger partial charge >= 0.3 is 0 Å². The van der Waals surface area contributed by atoms with Gasteiger partial charge in [0.15, 0.2) is 11.5 Å². The van der Waals surface area contributed by atoms with E-state index in [1.807, 2.05) is 6.92 Å². The molecule has 0 bridgehead atoms. The van der Waals surface area contributed by atoms with Crippen LogP contribution in [0.2, 0.25) is 0 Å². The van der Waals surface area contributed by atoms with Gasteiger partial charge in [-0.25, -0.2) is 4.39 Å². The molecule has 0 aromatic heterocycles. The third-order valence-electron chi connectivity index (χ3n) is 2.58. The molecule has 2 unspecified atom stereocenters. The normalized spacial score (nSPS) is 14.2. The molecule has 0 aliphatic carbocycles. The molecule has 96 valence electrons. The largest absolute Gasteiger partial charge is 0.493 e. The van der Waals surface area contributed by atoms with E-state index in [0.717, 1.165) is 5.56 Å². The van der Waals surface area contributed by atoms with Gasteiger partial charge in [-0.15, -0.1) is 0 Å². The number of halogens is 1. The number of benzene rings is 1. The van der Waals surface area contributed by atoms with E-state index in [1.165, 1.54) is 6.92 Å². The Morgan fingerprint density at radius 1 is 1.24 bits per heavy atom. The van der Waals surface area contributed by atoms with Gasteiger partial charge in [0, 0.05) is 6.04 Å². The number of hydrogen-bond acceptors (Lipinski definition) is 3. The molecule has 1 aromatic rings. The highest BCUT2D eigenvalue weighted by Crippen LogP contribution is 2.35. The SMILES string of the molecule is COc1cc(C(C)F)cc(CC(C)N)c1OC. The predicted molar refractivity (Wildman–Crippen MR) is 66.4 cm³/mol. The van der Waals surface area contributed by atoms with Gasteiger partial charge in [0.05, 0.1) is 14.2 Å². The minimum absolute atomic E-state index is 0.0150. The van der Waals surface area contributed by atoms with Crippen LogP contribution in [0.15, 0.2) is 12.1 Å². The summed E-state index contributed by atoms with van der Waals surface area (Å²) in [6.07, 6.45) is -0.415. The minimum Gasteiger partial charge on any atom is -0.493 e. The third-order valence-corrected chi connectivity index (χ3v) is 2.58. The fraction of sp³-hybridized carbons (Fsp3) is 0.538. The fourth-order valence-electron chi connectivity index (χ4n) is 1.80. The monoisotopic (exact) mass is 241 g/mol. The van der Waals surface area contributed by atoms with Crippen LogP contribution < -0.4 is 15.2 Å². The van der Waals surface area contributed by atoms with Crippen LogP contribution in [-0.2, 0) is 6.42 Å². The van der Waals surface area contributed by atoms with E-state index in [-0.39, 0.29) is 6.04 Å². The Balaban J connectivity index is 3.26. The van der Waals surface area contributed by atoms with Crippen molar-refractivity contribution in [2.45, 2.75) is 32.5 Å². The molecule has 3 nitrogen and oxygen atoms in total. The Labute approximate surface area is 102 Å². The van der Waals surface area contributed by atoms with Crippen molar-refractivity contribution in [3.05, 3.63) is 23.3 Å². The molecule has 0 saturated heterocycles. The first-order chi connectivity index (χ1) is 7.99. The van der Waals surface area contributed by atoms with Gasteiger partial charge in [-0.05, 0) is 43.5 Å². The fourth-order valence-corrected chi connectivity index (χ4v) is 1.80. The Kier molecular flexibility index (Phi) is 4.75. The van der Waals surface area contributed by atoms with Gasteiger partial charge in [0.1, 0.15) is 6.17 Å². The van der Waals surface area contributed by atoms with Crippen LogP contribution in [0.4, 0.5) is 4.39 Å². The summed E-state index contributed by atoms with van der Waals surface area (Å²) in [5, 5.41) is 0.